The van der Waals surface area contributed by atoms with Crippen LogP contribution in [0.5, 0.6) is 5.75 Å². The summed E-state index contributed by atoms with van der Waals surface area (Å²) < 4.78 is 5.56. The first-order chi connectivity index (χ1) is 9.45. The summed E-state index contributed by atoms with van der Waals surface area (Å²) in [6, 6.07) is 5.19. The number of carbonyl (C=O) groups excluding carboxylic acids is 1. The van der Waals surface area contributed by atoms with Crippen molar-refractivity contribution in [3.8, 4) is 5.75 Å². The van der Waals surface area contributed by atoms with Crippen LogP contribution < -0.4 is 15.8 Å². The molecule has 0 saturated heterocycles. The van der Waals surface area contributed by atoms with Crippen molar-refractivity contribution in [1.29, 1.82) is 0 Å². The van der Waals surface area contributed by atoms with Crippen molar-refractivity contribution < 1.29 is 9.53 Å². The van der Waals surface area contributed by atoms with E-state index in [1.165, 1.54) is 0 Å². The summed E-state index contributed by atoms with van der Waals surface area (Å²) in [6.45, 7) is 11.2. The number of amides is 1. The Morgan fingerprint density at radius 3 is 2.29 bits per heavy atom. The van der Waals surface area contributed by atoms with Crippen molar-refractivity contribution in [3.05, 3.63) is 23.2 Å². The molecule has 1 amide bonds. The van der Waals surface area contributed by atoms with Crippen LogP contribution in [0.3, 0.4) is 0 Å². The predicted molar refractivity (Wildman–Crippen MR) is 87.9 cm³/mol. The van der Waals surface area contributed by atoms with Gasteiger partial charge in [-0.05, 0) is 59.7 Å². The van der Waals surface area contributed by atoms with Crippen LogP contribution in [0.15, 0.2) is 18.2 Å². The second-order valence-electron chi connectivity index (χ2n) is 6.61. The number of halogens is 1. The van der Waals surface area contributed by atoms with Gasteiger partial charge in [-0.25, -0.2) is 0 Å². The van der Waals surface area contributed by atoms with Gasteiger partial charge >= 0.3 is 0 Å². The van der Waals surface area contributed by atoms with Crippen molar-refractivity contribution >= 4 is 23.2 Å². The Bertz CT molecular complexity index is 519. The van der Waals surface area contributed by atoms with Crippen molar-refractivity contribution in [2.75, 3.05) is 5.32 Å². The third kappa shape index (κ3) is 4.35. The van der Waals surface area contributed by atoms with Gasteiger partial charge in [0.2, 0.25) is 5.91 Å². The standard InChI is InChI=1S/C16H25ClN2O2/c1-10(2)21-13-8-7-11(9-12(13)17)19-14(20)15(3,4)16(5,6)18/h7-10H,18H2,1-6H3,(H,19,20). The summed E-state index contributed by atoms with van der Waals surface area (Å²) in [5, 5.41) is 3.32. The molecule has 118 valence electrons. The van der Waals surface area contributed by atoms with E-state index in [1.54, 1.807) is 18.2 Å². The number of nitrogens with one attached hydrogen (secondary N) is 1. The van der Waals surface area contributed by atoms with E-state index in [0.29, 0.717) is 16.5 Å². The number of carbonyl (C=O) groups is 1. The van der Waals surface area contributed by atoms with Gasteiger partial charge in [0, 0.05) is 11.2 Å². The van der Waals surface area contributed by atoms with Crippen molar-refractivity contribution in [3.63, 3.8) is 0 Å². The van der Waals surface area contributed by atoms with Crippen LogP contribution in [0.4, 0.5) is 5.69 Å². The van der Waals surface area contributed by atoms with E-state index >= 15 is 0 Å². The average Bonchev–Trinajstić information content (AvgIpc) is 2.30. The van der Waals surface area contributed by atoms with E-state index < -0.39 is 11.0 Å². The lowest BCUT2D eigenvalue weighted by Gasteiger charge is -2.36. The molecule has 3 N–H and O–H groups in total. The maximum absolute atomic E-state index is 12.4. The van der Waals surface area contributed by atoms with Gasteiger partial charge in [0.15, 0.2) is 0 Å². The quantitative estimate of drug-likeness (QED) is 0.868. The zero-order valence-electron chi connectivity index (χ0n) is 13.6. The van der Waals surface area contributed by atoms with Crippen molar-refractivity contribution in [1.82, 2.24) is 0 Å². The monoisotopic (exact) mass is 312 g/mol. The van der Waals surface area contributed by atoms with Gasteiger partial charge in [-0.3, -0.25) is 4.79 Å². The summed E-state index contributed by atoms with van der Waals surface area (Å²) in [5.74, 6) is 0.451. The number of rotatable bonds is 5. The lowest BCUT2D eigenvalue weighted by atomic mass is 9.74. The van der Waals surface area contributed by atoms with E-state index in [1.807, 2.05) is 41.5 Å². The SMILES string of the molecule is CC(C)Oc1ccc(NC(=O)C(C)(C)C(C)(C)N)cc1Cl. The fourth-order valence-corrected chi connectivity index (χ4v) is 1.73. The van der Waals surface area contributed by atoms with Crippen LogP contribution in [0, 0.1) is 5.41 Å². The molecule has 0 fully saturated rings. The summed E-state index contributed by atoms with van der Waals surface area (Å²) in [5.41, 5.74) is 5.34. The Balaban J connectivity index is 2.90. The van der Waals surface area contributed by atoms with Crippen LogP contribution in [-0.4, -0.2) is 17.6 Å². The number of benzene rings is 1. The molecule has 0 bridgehead atoms. The van der Waals surface area contributed by atoms with Crippen molar-refractivity contribution in [2.24, 2.45) is 11.1 Å². The van der Waals surface area contributed by atoms with E-state index in [0.717, 1.165) is 0 Å². The smallest absolute Gasteiger partial charge is 0.231 e. The molecule has 0 radical (unpaired) electrons. The minimum Gasteiger partial charge on any atom is -0.489 e. The first kappa shape index (κ1) is 17.8. The van der Waals surface area contributed by atoms with E-state index in [4.69, 9.17) is 22.1 Å². The van der Waals surface area contributed by atoms with Crippen LogP contribution in [-0.2, 0) is 4.79 Å². The first-order valence-electron chi connectivity index (χ1n) is 7.01. The normalized spacial score (nSPS) is 12.4. The molecule has 1 aromatic rings. The molecular weight excluding hydrogens is 288 g/mol. The highest BCUT2D eigenvalue weighted by Crippen LogP contribution is 2.32. The lowest BCUT2D eigenvalue weighted by Crippen LogP contribution is -2.53. The van der Waals surface area contributed by atoms with Gasteiger partial charge in [-0.2, -0.15) is 0 Å². The molecule has 0 aliphatic heterocycles. The second-order valence-corrected chi connectivity index (χ2v) is 7.02. The van der Waals surface area contributed by atoms with Gasteiger partial charge < -0.3 is 15.8 Å². The maximum atomic E-state index is 12.4. The van der Waals surface area contributed by atoms with Gasteiger partial charge in [-0.15, -0.1) is 0 Å². The minimum atomic E-state index is -0.716. The second kappa shape index (κ2) is 6.24. The predicted octanol–water partition coefficient (Wildman–Crippen LogP) is 3.83. The molecule has 4 nitrogen and oxygen atoms in total. The Morgan fingerprint density at radius 1 is 1.29 bits per heavy atom. The van der Waals surface area contributed by atoms with E-state index in [2.05, 4.69) is 5.32 Å². The molecule has 0 aliphatic carbocycles. The molecule has 21 heavy (non-hydrogen) atoms. The average molecular weight is 313 g/mol. The topological polar surface area (TPSA) is 64.3 Å². The number of ether oxygens (including phenoxy) is 1. The molecule has 0 saturated carbocycles. The van der Waals surface area contributed by atoms with Crippen LogP contribution in [0.25, 0.3) is 0 Å². The summed E-state index contributed by atoms with van der Waals surface area (Å²) in [6.07, 6.45) is 0.0416. The number of anilines is 1. The van der Waals surface area contributed by atoms with Gasteiger partial charge in [0.1, 0.15) is 5.75 Å². The summed E-state index contributed by atoms with van der Waals surface area (Å²) >= 11 is 6.16. The lowest BCUT2D eigenvalue weighted by molar-refractivity contribution is -0.126. The third-order valence-corrected chi connectivity index (χ3v) is 4.03. The molecule has 1 aromatic carbocycles. The van der Waals surface area contributed by atoms with Crippen LogP contribution in [0.1, 0.15) is 41.5 Å². The fourth-order valence-electron chi connectivity index (χ4n) is 1.51. The fraction of sp³-hybridized carbons (Fsp3) is 0.562. The summed E-state index contributed by atoms with van der Waals surface area (Å²) in [4.78, 5) is 12.4. The van der Waals surface area contributed by atoms with Gasteiger partial charge in [-0.1, -0.05) is 11.6 Å². The Hall–Kier alpha value is -1.26. The Labute approximate surface area is 132 Å². The highest BCUT2D eigenvalue weighted by Gasteiger charge is 2.40. The highest BCUT2D eigenvalue weighted by atomic mass is 35.5. The van der Waals surface area contributed by atoms with Crippen LogP contribution in [0.2, 0.25) is 5.02 Å². The summed E-state index contributed by atoms with van der Waals surface area (Å²) in [7, 11) is 0. The first-order valence-corrected chi connectivity index (χ1v) is 7.39. The van der Waals surface area contributed by atoms with E-state index in [-0.39, 0.29) is 12.0 Å². The van der Waals surface area contributed by atoms with E-state index in [9.17, 15) is 4.79 Å². The molecule has 0 heterocycles. The zero-order valence-corrected chi connectivity index (χ0v) is 14.3. The largest absolute Gasteiger partial charge is 0.489 e. The zero-order chi connectivity index (χ0) is 16.4. The maximum Gasteiger partial charge on any atom is 0.231 e. The Kier molecular flexibility index (Phi) is 5.29. The number of hydrogen-bond acceptors (Lipinski definition) is 3. The molecule has 0 aliphatic rings. The Morgan fingerprint density at radius 2 is 1.86 bits per heavy atom. The molecule has 0 spiro atoms. The van der Waals surface area contributed by atoms with Crippen molar-refractivity contribution in [2.45, 2.75) is 53.2 Å². The molecule has 0 unspecified atom stereocenters. The molecule has 0 aromatic heterocycles. The molecule has 1 rings (SSSR count). The van der Waals surface area contributed by atoms with Gasteiger partial charge in [0.25, 0.3) is 0 Å². The highest BCUT2D eigenvalue weighted by molar-refractivity contribution is 6.32. The molecular formula is C16H25ClN2O2. The molecule has 0 atom stereocenters. The minimum absolute atomic E-state index is 0.0416. The third-order valence-electron chi connectivity index (χ3n) is 3.73. The molecule has 5 heteroatoms. The number of hydrogen-bond donors (Lipinski definition) is 2. The van der Waals surface area contributed by atoms with Crippen LogP contribution >= 0.6 is 11.6 Å². The number of nitrogens with two attached hydrogens (primary N) is 1. The van der Waals surface area contributed by atoms with Gasteiger partial charge in [0.05, 0.1) is 16.5 Å².